The number of ether oxygens (including phenoxy) is 1. The van der Waals surface area contributed by atoms with Gasteiger partial charge in [0.1, 0.15) is 5.75 Å². The fraction of sp³-hybridized carbons (Fsp3) is 0.143. The Morgan fingerprint density at radius 1 is 1.21 bits per heavy atom. The maximum Gasteiger partial charge on any atom is 0.310 e. The molecule has 0 saturated heterocycles. The number of nitrogens with zero attached hydrogens (tertiary/aromatic N) is 3. The summed E-state index contributed by atoms with van der Waals surface area (Å²) in [6, 6.07) is 16.3. The fourth-order valence-electron chi connectivity index (χ4n) is 3.29. The van der Waals surface area contributed by atoms with Crippen LogP contribution in [0.3, 0.4) is 0 Å². The van der Waals surface area contributed by atoms with Crippen molar-refractivity contribution in [3.8, 4) is 5.75 Å². The molecule has 0 aliphatic carbocycles. The molecule has 1 amide bonds. The number of benzene rings is 2. The zero-order chi connectivity index (χ0) is 20.4. The van der Waals surface area contributed by atoms with Crippen LogP contribution in [0.1, 0.15) is 34.1 Å². The van der Waals surface area contributed by atoms with Crippen LogP contribution in [0, 0.1) is 10.1 Å². The molecule has 3 aromatic rings. The second kappa shape index (κ2) is 7.59. The summed E-state index contributed by atoms with van der Waals surface area (Å²) in [6.07, 6.45) is 1.82. The maximum absolute atomic E-state index is 13.0. The van der Waals surface area contributed by atoms with Crippen LogP contribution in [0.25, 0.3) is 0 Å². The van der Waals surface area contributed by atoms with Crippen molar-refractivity contribution in [2.45, 2.75) is 12.5 Å². The van der Waals surface area contributed by atoms with Crippen LogP contribution in [0.2, 0.25) is 0 Å². The van der Waals surface area contributed by atoms with E-state index >= 15 is 0 Å². The summed E-state index contributed by atoms with van der Waals surface area (Å²) in [5, 5.41) is 17.1. The van der Waals surface area contributed by atoms with Crippen LogP contribution in [0.4, 0.5) is 5.69 Å². The maximum atomic E-state index is 13.0. The van der Waals surface area contributed by atoms with Crippen molar-refractivity contribution in [3.63, 3.8) is 0 Å². The van der Waals surface area contributed by atoms with Crippen LogP contribution < -0.4 is 4.74 Å². The van der Waals surface area contributed by atoms with Gasteiger partial charge in [0, 0.05) is 24.1 Å². The minimum atomic E-state index is -0.492. The molecule has 4 rings (SSSR count). The monoisotopic (exact) mass is 391 g/mol. The Balaban J connectivity index is 1.75. The Morgan fingerprint density at radius 2 is 2.03 bits per heavy atom. The van der Waals surface area contributed by atoms with Crippen molar-refractivity contribution >= 4 is 17.3 Å². The van der Waals surface area contributed by atoms with E-state index < -0.39 is 16.9 Å². The Bertz CT molecular complexity index is 1090. The molecule has 2 heterocycles. The largest absolute Gasteiger partial charge is 0.497 e. The molecule has 0 saturated carbocycles. The molecule has 8 heteroatoms. The minimum absolute atomic E-state index is 0.0391. The molecule has 0 fully saturated rings. The molecule has 1 aliphatic rings. The van der Waals surface area contributed by atoms with E-state index in [1.807, 2.05) is 24.3 Å². The predicted molar refractivity (Wildman–Crippen MR) is 105 cm³/mol. The van der Waals surface area contributed by atoms with Crippen molar-refractivity contribution in [1.29, 1.82) is 0 Å². The number of nitro groups is 1. The topological polar surface area (TPSA) is 98.2 Å². The van der Waals surface area contributed by atoms with Gasteiger partial charge in [-0.2, -0.15) is 5.10 Å². The first-order chi connectivity index (χ1) is 14.1. The van der Waals surface area contributed by atoms with E-state index in [2.05, 4.69) is 5.10 Å². The summed E-state index contributed by atoms with van der Waals surface area (Å²) in [7, 11) is 1.58. The third-order valence-corrected chi connectivity index (χ3v) is 4.72. The summed E-state index contributed by atoms with van der Waals surface area (Å²) in [4.78, 5) is 23.7. The van der Waals surface area contributed by atoms with Crippen LogP contribution >= 0.6 is 0 Å². The minimum Gasteiger partial charge on any atom is -0.497 e. The van der Waals surface area contributed by atoms with Crippen molar-refractivity contribution in [3.05, 3.63) is 93.9 Å². The van der Waals surface area contributed by atoms with Gasteiger partial charge in [-0.3, -0.25) is 14.9 Å². The highest BCUT2D eigenvalue weighted by atomic mass is 16.6. The molecular formula is C21H17N3O5. The zero-order valence-electron chi connectivity index (χ0n) is 15.5. The van der Waals surface area contributed by atoms with E-state index in [1.54, 1.807) is 31.4 Å². The lowest BCUT2D eigenvalue weighted by atomic mass is 9.98. The Kier molecular flexibility index (Phi) is 4.82. The lowest BCUT2D eigenvalue weighted by Gasteiger charge is -2.20. The molecule has 0 spiro atoms. The number of furan rings is 1. The van der Waals surface area contributed by atoms with Gasteiger partial charge in [0.05, 0.1) is 30.0 Å². The summed E-state index contributed by atoms with van der Waals surface area (Å²) in [5.74, 6) is 0.411. The van der Waals surface area contributed by atoms with Crippen molar-refractivity contribution in [2.24, 2.45) is 5.10 Å². The van der Waals surface area contributed by atoms with Gasteiger partial charge in [-0.25, -0.2) is 5.01 Å². The number of hydrazone groups is 1. The normalized spacial score (nSPS) is 15.8. The fourth-order valence-corrected chi connectivity index (χ4v) is 3.29. The molecule has 1 aliphatic heterocycles. The highest BCUT2D eigenvalue weighted by Crippen LogP contribution is 2.35. The van der Waals surface area contributed by atoms with Crippen molar-refractivity contribution < 1.29 is 18.9 Å². The summed E-state index contributed by atoms with van der Waals surface area (Å²) in [5.41, 5.74) is 2.08. The molecule has 0 bridgehead atoms. The van der Waals surface area contributed by atoms with E-state index in [0.717, 1.165) is 5.56 Å². The van der Waals surface area contributed by atoms with Crippen LogP contribution in [0.15, 0.2) is 76.4 Å². The lowest BCUT2D eigenvalue weighted by Crippen LogP contribution is -2.26. The molecular weight excluding hydrogens is 374 g/mol. The zero-order valence-corrected chi connectivity index (χ0v) is 15.5. The number of carbonyl (C=O) groups is 1. The van der Waals surface area contributed by atoms with Crippen molar-refractivity contribution in [2.75, 3.05) is 7.11 Å². The standard InChI is InChI=1S/C21H17N3O5/c1-28-17-8-3-5-14(12-17)18-13-19(15-6-2-7-16(11-15)24(26)27)23(22-18)21(25)20-9-4-10-29-20/h2-12,19H,13H2,1H3/t19-/m0/s1. The number of non-ortho nitro benzene ring substituents is 1. The first-order valence-corrected chi connectivity index (χ1v) is 8.90. The van der Waals surface area contributed by atoms with Gasteiger partial charge in [0.2, 0.25) is 0 Å². The van der Waals surface area contributed by atoms with Gasteiger partial charge >= 0.3 is 5.91 Å². The predicted octanol–water partition coefficient (Wildman–Crippen LogP) is 4.19. The second-order valence-electron chi connectivity index (χ2n) is 6.48. The van der Waals surface area contributed by atoms with E-state index in [0.29, 0.717) is 23.4 Å². The Hall–Kier alpha value is -3.94. The second-order valence-corrected chi connectivity index (χ2v) is 6.48. The molecule has 2 aromatic carbocycles. The van der Waals surface area contributed by atoms with Gasteiger partial charge in [-0.15, -0.1) is 0 Å². The number of amides is 1. The molecule has 29 heavy (non-hydrogen) atoms. The Labute approximate surface area is 166 Å². The molecule has 0 unspecified atom stereocenters. The van der Waals surface area contributed by atoms with Crippen LogP contribution in [-0.2, 0) is 0 Å². The third kappa shape index (κ3) is 3.60. The van der Waals surface area contributed by atoms with E-state index in [9.17, 15) is 14.9 Å². The summed E-state index contributed by atoms with van der Waals surface area (Å²) in [6.45, 7) is 0. The van der Waals surface area contributed by atoms with E-state index in [-0.39, 0.29) is 11.4 Å². The number of hydrogen-bond acceptors (Lipinski definition) is 6. The Morgan fingerprint density at radius 3 is 2.76 bits per heavy atom. The number of nitro benzene ring substituents is 1. The average Bonchev–Trinajstić information content (AvgIpc) is 3.44. The third-order valence-electron chi connectivity index (χ3n) is 4.72. The SMILES string of the molecule is COc1cccc(C2=NN(C(=O)c3ccco3)[C@H](c3cccc([N+](=O)[O-])c3)C2)c1. The highest BCUT2D eigenvalue weighted by Gasteiger charge is 2.35. The van der Waals surface area contributed by atoms with Gasteiger partial charge in [-0.1, -0.05) is 24.3 Å². The smallest absolute Gasteiger partial charge is 0.310 e. The average molecular weight is 391 g/mol. The molecule has 1 aromatic heterocycles. The van der Waals surface area contributed by atoms with Gasteiger partial charge in [-0.05, 0) is 29.8 Å². The van der Waals surface area contributed by atoms with Gasteiger partial charge in [0.25, 0.3) is 5.69 Å². The van der Waals surface area contributed by atoms with Gasteiger partial charge in [0.15, 0.2) is 5.76 Å². The van der Waals surface area contributed by atoms with E-state index in [4.69, 9.17) is 9.15 Å². The molecule has 146 valence electrons. The summed E-state index contributed by atoms with van der Waals surface area (Å²) >= 11 is 0. The highest BCUT2D eigenvalue weighted by molar-refractivity contribution is 6.04. The van der Waals surface area contributed by atoms with E-state index in [1.165, 1.54) is 23.4 Å². The summed E-state index contributed by atoms with van der Waals surface area (Å²) < 4.78 is 10.5. The van der Waals surface area contributed by atoms with Crippen LogP contribution in [0.5, 0.6) is 5.75 Å². The van der Waals surface area contributed by atoms with Crippen molar-refractivity contribution in [1.82, 2.24) is 5.01 Å². The first-order valence-electron chi connectivity index (χ1n) is 8.90. The number of carbonyl (C=O) groups excluding carboxylic acids is 1. The quantitative estimate of drug-likeness (QED) is 0.480. The first kappa shape index (κ1) is 18.4. The number of hydrogen-bond donors (Lipinski definition) is 0. The van der Waals surface area contributed by atoms with Gasteiger partial charge < -0.3 is 9.15 Å². The molecule has 8 nitrogen and oxygen atoms in total. The molecule has 0 N–H and O–H groups in total. The van der Waals surface area contributed by atoms with Crippen LogP contribution in [-0.4, -0.2) is 28.7 Å². The number of rotatable bonds is 5. The lowest BCUT2D eigenvalue weighted by molar-refractivity contribution is -0.384. The molecule has 1 atom stereocenters. The molecule has 0 radical (unpaired) electrons. The number of methoxy groups -OCH3 is 1.